The van der Waals surface area contributed by atoms with Gasteiger partial charge in [-0.1, -0.05) is 6.07 Å². The standard InChI is InChI=1S/C11H19N5/c1-8(2)14-11(16-12)13-7-10-6-4-5-9(3)15-10/h4-6,8H,7,12H2,1-3H3,(H2,13,14,16). The molecule has 1 rings (SSSR count). The van der Waals surface area contributed by atoms with Crippen molar-refractivity contribution >= 4 is 5.96 Å². The van der Waals surface area contributed by atoms with E-state index in [2.05, 4.69) is 20.7 Å². The maximum absolute atomic E-state index is 5.35. The van der Waals surface area contributed by atoms with Crippen molar-refractivity contribution in [2.24, 2.45) is 10.8 Å². The lowest BCUT2D eigenvalue weighted by Gasteiger charge is -2.11. The predicted molar refractivity (Wildman–Crippen MR) is 65.7 cm³/mol. The first-order valence-corrected chi connectivity index (χ1v) is 5.32. The van der Waals surface area contributed by atoms with Crippen molar-refractivity contribution in [2.45, 2.75) is 33.4 Å². The lowest BCUT2D eigenvalue weighted by atomic mass is 10.3. The van der Waals surface area contributed by atoms with Gasteiger partial charge in [0.1, 0.15) is 0 Å². The molecule has 0 aliphatic carbocycles. The predicted octanol–water partition coefficient (Wildman–Crippen LogP) is 0.707. The lowest BCUT2D eigenvalue weighted by Crippen LogP contribution is -2.44. The Morgan fingerprint density at radius 3 is 2.81 bits per heavy atom. The van der Waals surface area contributed by atoms with E-state index in [-0.39, 0.29) is 0 Å². The van der Waals surface area contributed by atoms with Gasteiger partial charge in [0, 0.05) is 11.7 Å². The summed E-state index contributed by atoms with van der Waals surface area (Å²) >= 11 is 0. The number of hydrogen-bond donors (Lipinski definition) is 3. The molecular formula is C11H19N5. The van der Waals surface area contributed by atoms with Gasteiger partial charge >= 0.3 is 0 Å². The quantitative estimate of drug-likeness (QED) is 0.304. The smallest absolute Gasteiger partial charge is 0.206 e. The number of aliphatic imine (C=N–C) groups is 1. The van der Waals surface area contributed by atoms with Gasteiger partial charge in [0.15, 0.2) is 0 Å². The molecular weight excluding hydrogens is 202 g/mol. The van der Waals surface area contributed by atoms with Gasteiger partial charge in [0.2, 0.25) is 5.96 Å². The highest BCUT2D eigenvalue weighted by Gasteiger charge is 1.99. The Bertz CT molecular complexity index is 359. The zero-order chi connectivity index (χ0) is 12.0. The van der Waals surface area contributed by atoms with Crippen LogP contribution in [0.2, 0.25) is 0 Å². The highest BCUT2D eigenvalue weighted by Crippen LogP contribution is 1.99. The van der Waals surface area contributed by atoms with Crippen LogP contribution < -0.4 is 16.6 Å². The van der Waals surface area contributed by atoms with E-state index in [1.807, 2.05) is 39.0 Å². The van der Waals surface area contributed by atoms with Gasteiger partial charge in [-0.3, -0.25) is 10.4 Å². The number of aryl methyl sites for hydroxylation is 1. The Morgan fingerprint density at radius 2 is 2.25 bits per heavy atom. The molecule has 16 heavy (non-hydrogen) atoms. The number of aromatic nitrogens is 1. The van der Waals surface area contributed by atoms with Crippen LogP contribution in [0.3, 0.4) is 0 Å². The topological polar surface area (TPSA) is 75.3 Å². The third-order valence-corrected chi connectivity index (χ3v) is 1.91. The first-order valence-electron chi connectivity index (χ1n) is 5.32. The Balaban J connectivity index is 2.62. The molecule has 0 amide bonds. The van der Waals surface area contributed by atoms with Gasteiger partial charge in [0.05, 0.1) is 12.2 Å². The first-order chi connectivity index (χ1) is 7.61. The summed E-state index contributed by atoms with van der Waals surface area (Å²) in [5, 5.41) is 3.10. The number of nitrogens with two attached hydrogens (primary N) is 1. The third-order valence-electron chi connectivity index (χ3n) is 1.91. The molecule has 0 aliphatic heterocycles. The number of nitrogens with one attached hydrogen (secondary N) is 2. The van der Waals surface area contributed by atoms with Crippen molar-refractivity contribution in [2.75, 3.05) is 0 Å². The second-order valence-corrected chi connectivity index (χ2v) is 3.88. The van der Waals surface area contributed by atoms with Gasteiger partial charge in [-0.15, -0.1) is 0 Å². The molecule has 1 aromatic heterocycles. The molecule has 0 fully saturated rings. The van der Waals surface area contributed by atoms with Crippen LogP contribution in [0, 0.1) is 6.92 Å². The van der Waals surface area contributed by atoms with E-state index in [1.165, 1.54) is 0 Å². The SMILES string of the molecule is Cc1cccc(CN=C(NN)NC(C)C)n1. The van der Waals surface area contributed by atoms with Crippen LogP contribution in [-0.4, -0.2) is 17.0 Å². The minimum Gasteiger partial charge on any atom is -0.353 e. The summed E-state index contributed by atoms with van der Waals surface area (Å²) in [6.45, 7) is 6.53. The van der Waals surface area contributed by atoms with Crippen LogP contribution in [-0.2, 0) is 6.54 Å². The molecule has 88 valence electrons. The fraction of sp³-hybridized carbons (Fsp3) is 0.455. The minimum absolute atomic E-state index is 0.292. The number of pyridine rings is 1. The molecule has 4 N–H and O–H groups in total. The van der Waals surface area contributed by atoms with Gasteiger partial charge < -0.3 is 5.32 Å². The van der Waals surface area contributed by atoms with Gasteiger partial charge in [-0.05, 0) is 32.9 Å². The monoisotopic (exact) mass is 221 g/mol. The number of guanidine groups is 1. The van der Waals surface area contributed by atoms with Gasteiger partial charge in [-0.25, -0.2) is 10.8 Å². The van der Waals surface area contributed by atoms with E-state index in [9.17, 15) is 0 Å². The van der Waals surface area contributed by atoms with Crippen LogP contribution in [0.25, 0.3) is 0 Å². The van der Waals surface area contributed by atoms with Crippen molar-refractivity contribution in [3.63, 3.8) is 0 Å². The van der Waals surface area contributed by atoms with E-state index in [4.69, 9.17) is 5.84 Å². The van der Waals surface area contributed by atoms with Crippen LogP contribution in [0.15, 0.2) is 23.2 Å². The fourth-order valence-corrected chi connectivity index (χ4v) is 1.25. The summed E-state index contributed by atoms with van der Waals surface area (Å²) in [6, 6.07) is 6.17. The molecule has 0 bridgehead atoms. The number of hydrazine groups is 1. The Kier molecular flexibility index (Phi) is 4.72. The van der Waals surface area contributed by atoms with E-state index in [0.717, 1.165) is 11.4 Å². The molecule has 0 saturated heterocycles. The molecule has 0 aliphatic rings. The van der Waals surface area contributed by atoms with E-state index < -0.39 is 0 Å². The van der Waals surface area contributed by atoms with Gasteiger partial charge in [0.25, 0.3) is 0 Å². The molecule has 0 atom stereocenters. The zero-order valence-electron chi connectivity index (χ0n) is 9.99. The van der Waals surface area contributed by atoms with Crippen molar-refractivity contribution in [3.05, 3.63) is 29.6 Å². The highest BCUT2D eigenvalue weighted by molar-refractivity contribution is 5.79. The molecule has 5 nitrogen and oxygen atoms in total. The average molecular weight is 221 g/mol. The summed E-state index contributed by atoms with van der Waals surface area (Å²) in [5.74, 6) is 5.93. The van der Waals surface area contributed by atoms with E-state index >= 15 is 0 Å². The van der Waals surface area contributed by atoms with E-state index in [1.54, 1.807) is 0 Å². The molecule has 0 spiro atoms. The number of rotatable bonds is 3. The Labute approximate surface area is 96.1 Å². The van der Waals surface area contributed by atoms with Crippen LogP contribution in [0.5, 0.6) is 0 Å². The molecule has 0 radical (unpaired) electrons. The van der Waals surface area contributed by atoms with Crippen LogP contribution >= 0.6 is 0 Å². The summed E-state index contributed by atoms with van der Waals surface area (Å²) < 4.78 is 0. The highest BCUT2D eigenvalue weighted by atomic mass is 15.3. The van der Waals surface area contributed by atoms with Gasteiger partial charge in [-0.2, -0.15) is 0 Å². The van der Waals surface area contributed by atoms with Crippen molar-refractivity contribution < 1.29 is 0 Å². The van der Waals surface area contributed by atoms with Crippen LogP contribution in [0.4, 0.5) is 0 Å². The molecule has 5 heteroatoms. The largest absolute Gasteiger partial charge is 0.353 e. The average Bonchev–Trinajstić information content (AvgIpc) is 2.24. The summed E-state index contributed by atoms with van der Waals surface area (Å²) in [7, 11) is 0. The molecule has 0 unspecified atom stereocenters. The summed E-state index contributed by atoms with van der Waals surface area (Å²) in [4.78, 5) is 8.66. The number of nitrogens with zero attached hydrogens (tertiary/aromatic N) is 2. The van der Waals surface area contributed by atoms with Crippen LogP contribution in [0.1, 0.15) is 25.2 Å². The normalized spacial score (nSPS) is 11.7. The summed E-state index contributed by atoms with van der Waals surface area (Å²) in [6.07, 6.45) is 0. The first kappa shape index (κ1) is 12.4. The molecule has 1 aromatic rings. The maximum Gasteiger partial charge on any atom is 0.206 e. The van der Waals surface area contributed by atoms with Crippen molar-refractivity contribution in [1.82, 2.24) is 15.7 Å². The fourth-order valence-electron chi connectivity index (χ4n) is 1.25. The molecule has 0 saturated carbocycles. The Morgan fingerprint density at radius 1 is 1.50 bits per heavy atom. The molecule has 0 aromatic carbocycles. The van der Waals surface area contributed by atoms with E-state index in [0.29, 0.717) is 18.5 Å². The maximum atomic E-state index is 5.35. The summed E-state index contributed by atoms with van der Waals surface area (Å²) in [5.41, 5.74) is 4.45. The zero-order valence-corrected chi connectivity index (χ0v) is 9.99. The second-order valence-electron chi connectivity index (χ2n) is 3.88. The Hall–Kier alpha value is -1.62. The third kappa shape index (κ3) is 4.27. The molecule has 1 heterocycles. The van der Waals surface area contributed by atoms with Crippen molar-refractivity contribution in [1.29, 1.82) is 0 Å². The minimum atomic E-state index is 0.292. The van der Waals surface area contributed by atoms with Crippen molar-refractivity contribution in [3.8, 4) is 0 Å². The lowest BCUT2D eigenvalue weighted by molar-refractivity contribution is 0.701. The number of hydrogen-bond acceptors (Lipinski definition) is 3. The second kappa shape index (κ2) is 6.07.